The molecule has 1 aromatic carbocycles. The van der Waals surface area contributed by atoms with E-state index in [1.54, 1.807) is 12.1 Å². The number of hydrogen-bond acceptors (Lipinski definition) is 2. The molecule has 0 spiro atoms. The number of aliphatic hydroxyl groups excluding tert-OH is 1. The van der Waals surface area contributed by atoms with Gasteiger partial charge in [0.2, 0.25) is 0 Å². The van der Waals surface area contributed by atoms with Gasteiger partial charge in [-0.15, -0.1) is 0 Å². The molecular weight excluding hydrogens is 241 g/mol. The van der Waals surface area contributed by atoms with E-state index in [4.69, 9.17) is 0 Å². The molecule has 102 valence electrons. The van der Waals surface area contributed by atoms with Crippen molar-refractivity contribution < 1.29 is 9.50 Å². The van der Waals surface area contributed by atoms with Crippen molar-refractivity contribution in [1.82, 2.24) is 4.90 Å². The lowest BCUT2D eigenvalue weighted by Gasteiger charge is -2.20. The number of aliphatic hydroxyl groups is 1. The highest BCUT2D eigenvalue weighted by Crippen LogP contribution is 2.25. The maximum absolute atomic E-state index is 12.7. The van der Waals surface area contributed by atoms with E-state index in [-0.39, 0.29) is 11.9 Å². The summed E-state index contributed by atoms with van der Waals surface area (Å²) in [5.74, 6) is 6.25. The highest BCUT2D eigenvalue weighted by Gasteiger charge is 2.25. The molecule has 1 saturated carbocycles. The lowest BCUT2D eigenvalue weighted by molar-refractivity contribution is 0.112. The van der Waals surface area contributed by atoms with Gasteiger partial charge in [-0.2, -0.15) is 0 Å². The Bertz CT molecular complexity index is 460. The number of halogens is 1. The SMILES string of the molecule is CN(CC#Cc1ccc(F)cc1)CC1CCCC1O. The van der Waals surface area contributed by atoms with Gasteiger partial charge in [0, 0.05) is 12.1 Å². The highest BCUT2D eigenvalue weighted by molar-refractivity contribution is 5.34. The predicted molar refractivity (Wildman–Crippen MR) is 74.1 cm³/mol. The Morgan fingerprint density at radius 1 is 1.32 bits per heavy atom. The second-order valence-corrected chi connectivity index (χ2v) is 5.26. The Hall–Kier alpha value is -1.37. The quantitative estimate of drug-likeness (QED) is 0.844. The van der Waals surface area contributed by atoms with Crippen LogP contribution in [0, 0.1) is 23.6 Å². The zero-order valence-electron chi connectivity index (χ0n) is 11.3. The van der Waals surface area contributed by atoms with E-state index in [1.807, 2.05) is 7.05 Å². The van der Waals surface area contributed by atoms with Crippen molar-refractivity contribution >= 4 is 0 Å². The van der Waals surface area contributed by atoms with Crippen LogP contribution < -0.4 is 0 Å². The average molecular weight is 261 g/mol. The summed E-state index contributed by atoms with van der Waals surface area (Å²) in [5, 5.41) is 9.77. The molecule has 1 aliphatic rings. The molecule has 1 aliphatic carbocycles. The summed E-state index contributed by atoms with van der Waals surface area (Å²) < 4.78 is 12.7. The fraction of sp³-hybridized carbons (Fsp3) is 0.500. The molecule has 2 rings (SSSR count). The van der Waals surface area contributed by atoms with Gasteiger partial charge < -0.3 is 5.11 Å². The first-order chi connectivity index (χ1) is 9.15. The van der Waals surface area contributed by atoms with Gasteiger partial charge in [-0.25, -0.2) is 4.39 Å². The van der Waals surface area contributed by atoms with Crippen LogP contribution in [0.15, 0.2) is 24.3 Å². The minimum absolute atomic E-state index is 0.146. The standard InChI is InChI=1S/C16H20FNO/c1-18(12-14-5-2-6-16(14)19)11-3-4-13-7-9-15(17)10-8-13/h7-10,14,16,19H,2,5-6,11-12H2,1H3. The fourth-order valence-electron chi connectivity index (χ4n) is 2.50. The Morgan fingerprint density at radius 2 is 2.05 bits per heavy atom. The smallest absolute Gasteiger partial charge is 0.123 e. The second kappa shape index (κ2) is 6.70. The van der Waals surface area contributed by atoms with Gasteiger partial charge in [0.05, 0.1) is 12.6 Å². The van der Waals surface area contributed by atoms with Gasteiger partial charge in [0.25, 0.3) is 0 Å². The van der Waals surface area contributed by atoms with E-state index < -0.39 is 0 Å². The summed E-state index contributed by atoms with van der Waals surface area (Å²) in [4.78, 5) is 2.13. The molecule has 0 aromatic heterocycles. The van der Waals surface area contributed by atoms with E-state index in [1.165, 1.54) is 12.1 Å². The molecule has 2 unspecified atom stereocenters. The van der Waals surface area contributed by atoms with Gasteiger partial charge in [-0.3, -0.25) is 4.90 Å². The van der Waals surface area contributed by atoms with Crippen molar-refractivity contribution in [1.29, 1.82) is 0 Å². The van der Waals surface area contributed by atoms with Gasteiger partial charge in [-0.1, -0.05) is 18.3 Å². The van der Waals surface area contributed by atoms with Crippen LogP contribution in [0.5, 0.6) is 0 Å². The number of benzene rings is 1. The number of rotatable bonds is 3. The van der Waals surface area contributed by atoms with Crippen LogP contribution in [0.1, 0.15) is 24.8 Å². The van der Waals surface area contributed by atoms with Crippen LogP contribution in [0.3, 0.4) is 0 Å². The van der Waals surface area contributed by atoms with Crippen LogP contribution in [0.2, 0.25) is 0 Å². The molecule has 0 heterocycles. The van der Waals surface area contributed by atoms with Crippen LogP contribution in [0.25, 0.3) is 0 Å². The second-order valence-electron chi connectivity index (χ2n) is 5.26. The molecule has 2 nitrogen and oxygen atoms in total. The first-order valence-electron chi connectivity index (χ1n) is 6.76. The zero-order chi connectivity index (χ0) is 13.7. The normalized spacial score (nSPS) is 22.3. The molecule has 1 fully saturated rings. The van der Waals surface area contributed by atoms with Crippen molar-refractivity contribution in [3.05, 3.63) is 35.6 Å². The van der Waals surface area contributed by atoms with Gasteiger partial charge in [-0.05, 0) is 50.1 Å². The summed E-state index contributed by atoms with van der Waals surface area (Å²) in [5.41, 5.74) is 0.829. The first kappa shape index (κ1) is 14.0. The lowest BCUT2D eigenvalue weighted by atomic mass is 10.1. The summed E-state index contributed by atoms with van der Waals surface area (Å²) in [6.07, 6.45) is 3.02. The number of hydrogen-bond donors (Lipinski definition) is 1. The fourth-order valence-corrected chi connectivity index (χ4v) is 2.50. The molecule has 0 aliphatic heterocycles. The summed E-state index contributed by atoms with van der Waals surface area (Å²) in [6, 6.07) is 6.21. The third-order valence-corrected chi connectivity index (χ3v) is 3.59. The van der Waals surface area contributed by atoms with Crippen molar-refractivity contribution in [3.8, 4) is 11.8 Å². The topological polar surface area (TPSA) is 23.5 Å². The highest BCUT2D eigenvalue weighted by atomic mass is 19.1. The van der Waals surface area contributed by atoms with Gasteiger partial charge >= 0.3 is 0 Å². The molecular formula is C16H20FNO. The molecule has 0 saturated heterocycles. The van der Waals surface area contributed by atoms with Crippen molar-refractivity contribution in [2.45, 2.75) is 25.4 Å². The average Bonchev–Trinajstić information content (AvgIpc) is 2.78. The minimum atomic E-state index is -0.238. The maximum atomic E-state index is 12.7. The Balaban J connectivity index is 1.80. The van der Waals surface area contributed by atoms with E-state index in [2.05, 4.69) is 16.7 Å². The van der Waals surface area contributed by atoms with Gasteiger partial charge in [0.15, 0.2) is 0 Å². The van der Waals surface area contributed by atoms with E-state index in [0.29, 0.717) is 12.5 Å². The van der Waals surface area contributed by atoms with E-state index >= 15 is 0 Å². The van der Waals surface area contributed by atoms with Crippen LogP contribution >= 0.6 is 0 Å². The predicted octanol–water partition coefficient (Wildman–Crippen LogP) is 2.27. The zero-order valence-corrected chi connectivity index (χ0v) is 11.3. The van der Waals surface area contributed by atoms with Crippen molar-refractivity contribution in [3.63, 3.8) is 0 Å². The minimum Gasteiger partial charge on any atom is -0.393 e. The Labute approximate surface area is 114 Å². The largest absolute Gasteiger partial charge is 0.393 e. The van der Waals surface area contributed by atoms with Crippen molar-refractivity contribution in [2.75, 3.05) is 20.1 Å². The molecule has 1 N–H and O–H groups in total. The summed E-state index contributed by atoms with van der Waals surface area (Å²) in [7, 11) is 2.02. The van der Waals surface area contributed by atoms with Crippen molar-refractivity contribution in [2.24, 2.45) is 5.92 Å². The maximum Gasteiger partial charge on any atom is 0.123 e. The molecule has 19 heavy (non-hydrogen) atoms. The third-order valence-electron chi connectivity index (χ3n) is 3.59. The van der Waals surface area contributed by atoms with Crippen LogP contribution in [0.4, 0.5) is 4.39 Å². The number of nitrogens with zero attached hydrogens (tertiary/aromatic N) is 1. The molecule has 0 radical (unpaired) electrons. The Morgan fingerprint density at radius 3 is 2.68 bits per heavy atom. The molecule has 3 heteroatoms. The monoisotopic (exact) mass is 261 g/mol. The molecule has 1 aromatic rings. The van der Waals surface area contributed by atoms with E-state index in [9.17, 15) is 9.50 Å². The van der Waals surface area contributed by atoms with Crippen LogP contribution in [-0.4, -0.2) is 36.2 Å². The van der Waals surface area contributed by atoms with Crippen LogP contribution in [-0.2, 0) is 0 Å². The molecule has 2 atom stereocenters. The molecule has 0 amide bonds. The third kappa shape index (κ3) is 4.34. The lowest BCUT2D eigenvalue weighted by Crippen LogP contribution is -2.30. The Kier molecular flexibility index (Phi) is 4.95. The van der Waals surface area contributed by atoms with E-state index in [0.717, 1.165) is 31.4 Å². The summed E-state index contributed by atoms with van der Waals surface area (Å²) >= 11 is 0. The molecule has 0 bridgehead atoms. The summed E-state index contributed by atoms with van der Waals surface area (Å²) in [6.45, 7) is 1.56. The van der Waals surface area contributed by atoms with Gasteiger partial charge in [0.1, 0.15) is 5.82 Å². The first-order valence-corrected chi connectivity index (χ1v) is 6.76.